The van der Waals surface area contributed by atoms with Crippen molar-refractivity contribution >= 4 is 11.0 Å². The summed E-state index contributed by atoms with van der Waals surface area (Å²) in [5.41, 5.74) is 1.55. The van der Waals surface area contributed by atoms with Crippen molar-refractivity contribution < 1.29 is 18.7 Å². The number of rotatable bonds is 1. The Hall–Kier alpha value is -3.64. The van der Waals surface area contributed by atoms with E-state index in [9.17, 15) is 14.7 Å². The smallest absolute Gasteiger partial charge is 0.344 e. The lowest BCUT2D eigenvalue weighted by atomic mass is 9.97. The minimum absolute atomic E-state index is 0.155. The molecule has 0 amide bonds. The second kappa shape index (κ2) is 5.94. The summed E-state index contributed by atoms with van der Waals surface area (Å²) in [6, 6.07) is 15.1. The minimum atomic E-state index is -1.29. The first-order chi connectivity index (χ1) is 13.5. The summed E-state index contributed by atoms with van der Waals surface area (Å²) in [5.74, 6) is 0.686. The Morgan fingerprint density at radius 1 is 0.893 bits per heavy atom. The maximum absolute atomic E-state index is 12.8. The van der Waals surface area contributed by atoms with E-state index < -0.39 is 17.5 Å². The monoisotopic (exact) mass is 374 g/mol. The summed E-state index contributed by atoms with van der Waals surface area (Å²) < 4.78 is 16.4. The van der Waals surface area contributed by atoms with Crippen molar-refractivity contribution in [2.24, 2.45) is 0 Å². The van der Waals surface area contributed by atoms with E-state index in [1.54, 1.807) is 36.4 Å². The zero-order valence-electron chi connectivity index (χ0n) is 14.8. The van der Waals surface area contributed by atoms with E-state index in [0.29, 0.717) is 33.4 Å². The van der Waals surface area contributed by atoms with Crippen molar-refractivity contribution in [3.05, 3.63) is 86.6 Å². The topological polar surface area (TPSA) is 89.9 Å². The molecule has 0 spiro atoms. The molecule has 28 heavy (non-hydrogen) atoms. The SMILES string of the molecule is Cc1ccc2c(-c3cc4c(oc3=O)-c3ccccc3OC4O)cc(=O)oc2c1. The van der Waals surface area contributed by atoms with Crippen LogP contribution in [0.4, 0.5) is 0 Å². The zero-order valence-corrected chi connectivity index (χ0v) is 14.8. The largest absolute Gasteiger partial charge is 0.460 e. The van der Waals surface area contributed by atoms with Crippen LogP contribution >= 0.6 is 0 Å². The van der Waals surface area contributed by atoms with Crippen LogP contribution in [0.3, 0.4) is 0 Å². The first kappa shape index (κ1) is 16.5. The van der Waals surface area contributed by atoms with E-state index >= 15 is 0 Å². The molecule has 0 bridgehead atoms. The Bertz CT molecular complexity index is 1360. The summed E-state index contributed by atoms with van der Waals surface area (Å²) in [6.07, 6.45) is -1.29. The van der Waals surface area contributed by atoms with Gasteiger partial charge in [-0.1, -0.05) is 24.3 Å². The van der Waals surface area contributed by atoms with Crippen LogP contribution < -0.4 is 16.0 Å². The van der Waals surface area contributed by atoms with Crippen molar-refractivity contribution in [3.8, 4) is 28.2 Å². The van der Waals surface area contributed by atoms with E-state index in [1.165, 1.54) is 12.1 Å². The van der Waals surface area contributed by atoms with Gasteiger partial charge in [0, 0.05) is 17.0 Å². The summed E-state index contributed by atoms with van der Waals surface area (Å²) in [5, 5.41) is 11.0. The molecule has 1 N–H and O–H groups in total. The van der Waals surface area contributed by atoms with E-state index in [-0.39, 0.29) is 11.3 Å². The van der Waals surface area contributed by atoms with Gasteiger partial charge in [0.15, 0.2) is 5.76 Å². The average Bonchev–Trinajstić information content (AvgIpc) is 2.67. The molecule has 0 radical (unpaired) electrons. The average molecular weight is 374 g/mol. The highest BCUT2D eigenvalue weighted by Crippen LogP contribution is 2.42. The lowest BCUT2D eigenvalue weighted by molar-refractivity contribution is -0.0231. The molecule has 0 fully saturated rings. The quantitative estimate of drug-likeness (QED) is 0.510. The van der Waals surface area contributed by atoms with Gasteiger partial charge >= 0.3 is 11.3 Å². The Labute approximate surface area is 158 Å². The van der Waals surface area contributed by atoms with E-state index in [1.807, 2.05) is 13.0 Å². The molecule has 0 aliphatic carbocycles. The fourth-order valence-electron chi connectivity index (χ4n) is 3.50. The Morgan fingerprint density at radius 3 is 2.57 bits per heavy atom. The molecule has 1 aliphatic heterocycles. The van der Waals surface area contributed by atoms with Crippen LogP contribution in [0, 0.1) is 6.92 Å². The van der Waals surface area contributed by atoms with Gasteiger partial charge in [0.05, 0.1) is 16.7 Å². The van der Waals surface area contributed by atoms with Crippen molar-refractivity contribution in [1.29, 1.82) is 0 Å². The second-order valence-corrected chi connectivity index (χ2v) is 6.68. The molecule has 1 atom stereocenters. The molecule has 2 aromatic heterocycles. The van der Waals surface area contributed by atoms with Gasteiger partial charge in [-0.3, -0.25) is 0 Å². The standard InChI is InChI=1S/C22H14O6/c1-11-6-7-12-14(10-19(23)26-18(12)8-11)15-9-16-20(28-21(15)24)13-4-2-3-5-17(13)27-22(16)25/h2-10,22,25H,1H3. The van der Waals surface area contributed by atoms with Crippen LogP contribution in [0.5, 0.6) is 5.75 Å². The first-order valence-electron chi connectivity index (χ1n) is 8.68. The van der Waals surface area contributed by atoms with Crippen molar-refractivity contribution in [2.45, 2.75) is 13.2 Å². The number of aliphatic hydroxyl groups is 1. The van der Waals surface area contributed by atoms with Gasteiger partial charge in [-0.2, -0.15) is 0 Å². The maximum atomic E-state index is 12.8. The van der Waals surface area contributed by atoms with Gasteiger partial charge in [0.1, 0.15) is 11.3 Å². The first-order valence-corrected chi connectivity index (χ1v) is 8.68. The van der Waals surface area contributed by atoms with Crippen molar-refractivity contribution in [3.63, 3.8) is 0 Å². The predicted octanol–water partition coefficient (Wildman–Crippen LogP) is 3.77. The third kappa shape index (κ3) is 2.46. The number of hydrogen-bond acceptors (Lipinski definition) is 6. The predicted molar refractivity (Wildman–Crippen MR) is 102 cm³/mol. The number of hydrogen-bond donors (Lipinski definition) is 1. The molecule has 4 aromatic rings. The molecular weight excluding hydrogens is 360 g/mol. The van der Waals surface area contributed by atoms with Crippen LogP contribution in [0.1, 0.15) is 17.4 Å². The van der Waals surface area contributed by atoms with Gasteiger partial charge in [-0.05, 0) is 36.8 Å². The second-order valence-electron chi connectivity index (χ2n) is 6.68. The molecular formula is C22H14O6. The summed E-state index contributed by atoms with van der Waals surface area (Å²) in [6.45, 7) is 1.88. The van der Waals surface area contributed by atoms with Crippen molar-refractivity contribution in [1.82, 2.24) is 0 Å². The van der Waals surface area contributed by atoms with Gasteiger partial charge in [0.2, 0.25) is 6.29 Å². The molecule has 5 rings (SSSR count). The zero-order chi connectivity index (χ0) is 19.4. The highest BCUT2D eigenvalue weighted by atomic mass is 16.6. The normalized spacial score (nSPS) is 15.0. The number of fused-ring (bicyclic) bond motifs is 4. The fraction of sp³-hybridized carbons (Fsp3) is 0.0909. The number of aryl methyl sites for hydroxylation is 1. The Morgan fingerprint density at radius 2 is 1.71 bits per heavy atom. The van der Waals surface area contributed by atoms with E-state index in [4.69, 9.17) is 13.6 Å². The van der Waals surface area contributed by atoms with E-state index in [2.05, 4.69) is 0 Å². The molecule has 0 saturated heterocycles. The van der Waals surface area contributed by atoms with E-state index in [0.717, 1.165) is 5.56 Å². The number of para-hydroxylation sites is 1. The van der Waals surface area contributed by atoms with Crippen LogP contribution in [-0.4, -0.2) is 5.11 Å². The van der Waals surface area contributed by atoms with Crippen LogP contribution in [-0.2, 0) is 0 Å². The van der Waals surface area contributed by atoms with Crippen LogP contribution in [0.15, 0.2) is 73.0 Å². The number of ether oxygens (including phenoxy) is 1. The summed E-state index contributed by atoms with van der Waals surface area (Å²) >= 11 is 0. The molecule has 3 heterocycles. The van der Waals surface area contributed by atoms with Gasteiger partial charge in [0.25, 0.3) is 0 Å². The van der Waals surface area contributed by atoms with Crippen molar-refractivity contribution in [2.75, 3.05) is 0 Å². The molecule has 1 unspecified atom stereocenters. The molecule has 138 valence electrons. The molecule has 0 saturated carbocycles. The highest BCUT2D eigenvalue weighted by Gasteiger charge is 2.28. The lowest BCUT2D eigenvalue weighted by Gasteiger charge is -2.24. The summed E-state index contributed by atoms with van der Waals surface area (Å²) in [4.78, 5) is 24.9. The summed E-state index contributed by atoms with van der Waals surface area (Å²) in [7, 11) is 0. The Kier molecular flexibility index (Phi) is 3.50. The van der Waals surface area contributed by atoms with Gasteiger partial charge in [-0.15, -0.1) is 0 Å². The third-order valence-corrected chi connectivity index (χ3v) is 4.80. The third-order valence-electron chi connectivity index (χ3n) is 4.80. The molecule has 6 heteroatoms. The molecule has 2 aromatic carbocycles. The van der Waals surface area contributed by atoms with Crippen LogP contribution in [0.2, 0.25) is 0 Å². The molecule has 1 aliphatic rings. The van der Waals surface area contributed by atoms with Gasteiger partial charge in [-0.25, -0.2) is 9.59 Å². The van der Waals surface area contributed by atoms with Crippen LogP contribution in [0.25, 0.3) is 33.4 Å². The highest BCUT2D eigenvalue weighted by molar-refractivity contribution is 5.93. The Balaban J connectivity index is 1.81. The maximum Gasteiger partial charge on any atom is 0.344 e. The molecule has 6 nitrogen and oxygen atoms in total. The lowest BCUT2D eigenvalue weighted by Crippen LogP contribution is -2.17. The minimum Gasteiger partial charge on any atom is -0.460 e. The van der Waals surface area contributed by atoms with Gasteiger partial charge < -0.3 is 18.7 Å². The number of aliphatic hydroxyl groups excluding tert-OH is 1. The fourth-order valence-corrected chi connectivity index (χ4v) is 3.50. The number of benzene rings is 2.